The zero-order chi connectivity index (χ0) is 17.5. The molecule has 1 aliphatic heterocycles. The van der Waals surface area contributed by atoms with Crippen molar-refractivity contribution < 1.29 is 19.0 Å². The minimum Gasteiger partial charge on any atom is -0.367 e. The number of rotatable bonds is 10. The molecule has 0 aromatic carbocycles. The van der Waals surface area contributed by atoms with Crippen molar-refractivity contribution in [3.05, 3.63) is 0 Å². The Morgan fingerprint density at radius 3 is 2.57 bits per heavy atom. The summed E-state index contributed by atoms with van der Waals surface area (Å²) < 4.78 is 17.3. The van der Waals surface area contributed by atoms with Crippen LogP contribution in [0.25, 0.3) is 0 Å². The Balaban J connectivity index is 2.24. The zero-order valence-electron chi connectivity index (χ0n) is 15.9. The molecule has 4 nitrogen and oxygen atoms in total. The van der Waals surface area contributed by atoms with Crippen molar-refractivity contribution in [3.8, 4) is 0 Å². The topological polar surface area (TPSA) is 44.8 Å². The van der Waals surface area contributed by atoms with Gasteiger partial charge in [0.15, 0.2) is 5.78 Å². The van der Waals surface area contributed by atoms with Crippen LogP contribution in [0.1, 0.15) is 40.0 Å². The van der Waals surface area contributed by atoms with Crippen molar-refractivity contribution in [2.24, 2.45) is 11.8 Å². The van der Waals surface area contributed by atoms with E-state index in [0.29, 0.717) is 25.7 Å². The maximum absolute atomic E-state index is 12.0. The third-order valence-electron chi connectivity index (χ3n) is 4.59. The first-order valence-corrected chi connectivity index (χ1v) is 12.8. The Morgan fingerprint density at radius 1 is 1.26 bits per heavy atom. The molecule has 1 aliphatic rings. The summed E-state index contributed by atoms with van der Waals surface area (Å²) in [7, 11) is -1.03. The van der Waals surface area contributed by atoms with Gasteiger partial charge in [0.25, 0.3) is 0 Å². The van der Waals surface area contributed by atoms with Crippen molar-refractivity contribution in [3.63, 3.8) is 0 Å². The van der Waals surface area contributed by atoms with Gasteiger partial charge in [0.05, 0.1) is 12.7 Å². The van der Waals surface area contributed by atoms with E-state index in [2.05, 4.69) is 33.5 Å². The number of carbonyl (C=O) groups excluding carboxylic acids is 1. The Bertz CT molecular complexity index is 353. The summed E-state index contributed by atoms with van der Waals surface area (Å²) in [6.45, 7) is 14.9. The minimum absolute atomic E-state index is 0.119. The molecule has 0 unspecified atom stereocenters. The van der Waals surface area contributed by atoms with Gasteiger partial charge in [0.1, 0.15) is 12.9 Å². The van der Waals surface area contributed by atoms with Gasteiger partial charge in [-0.15, -0.1) is 0 Å². The van der Waals surface area contributed by atoms with Gasteiger partial charge < -0.3 is 14.2 Å². The van der Waals surface area contributed by atoms with Crippen LogP contribution in [-0.4, -0.2) is 46.1 Å². The summed E-state index contributed by atoms with van der Waals surface area (Å²) in [5, 5.41) is 0. The van der Waals surface area contributed by atoms with Gasteiger partial charge >= 0.3 is 0 Å². The number of hydrogen-bond donors (Lipinski definition) is 0. The molecule has 136 valence electrons. The largest absolute Gasteiger partial charge is 0.367 e. The molecule has 0 amide bonds. The van der Waals surface area contributed by atoms with Gasteiger partial charge in [-0.3, -0.25) is 4.79 Å². The van der Waals surface area contributed by atoms with E-state index in [1.165, 1.54) is 0 Å². The molecule has 0 saturated carbocycles. The van der Waals surface area contributed by atoms with Gasteiger partial charge in [-0.1, -0.05) is 40.4 Å². The predicted octanol–water partition coefficient (Wildman–Crippen LogP) is 4.11. The number of ether oxygens (including phenoxy) is 3. The monoisotopic (exact) mass is 344 g/mol. The lowest BCUT2D eigenvalue weighted by molar-refractivity contribution is -0.154. The molecule has 23 heavy (non-hydrogen) atoms. The van der Waals surface area contributed by atoms with Crippen molar-refractivity contribution in [1.82, 2.24) is 0 Å². The summed E-state index contributed by atoms with van der Waals surface area (Å²) >= 11 is 0. The van der Waals surface area contributed by atoms with Crippen molar-refractivity contribution in [2.45, 2.75) is 77.9 Å². The van der Waals surface area contributed by atoms with Crippen LogP contribution in [0, 0.1) is 11.8 Å². The second-order valence-electron chi connectivity index (χ2n) is 8.15. The van der Waals surface area contributed by atoms with E-state index in [4.69, 9.17) is 14.2 Å². The lowest BCUT2D eigenvalue weighted by Crippen LogP contribution is -2.42. The number of hydrogen-bond acceptors (Lipinski definition) is 4. The van der Waals surface area contributed by atoms with Crippen LogP contribution in [0.5, 0.6) is 0 Å². The van der Waals surface area contributed by atoms with E-state index < -0.39 is 8.07 Å². The second-order valence-corrected chi connectivity index (χ2v) is 13.8. The third kappa shape index (κ3) is 7.92. The normalized spacial score (nSPS) is 27.0. The number of carbonyl (C=O) groups is 1. The number of ketones is 1. The molecule has 0 bridgehead atoms. The van der Waals surface area contributed by atoms with Crippen molar-refractivity contribution >= 4 is 13.9 Å². The molecule has 5 heteroatoms. The predicted molar refractivity (Wildman–Crippen MR) is 96.4 cm³/mol. The Kier molecular flexibility index (Phi) is 8.97. The van der Waals surface area contributed by atoms with Crippen molar-refractivity contribution in [1.29, 1.82) is 0 Å². The van der Waals surface area contributed by atoms with Crippen LogP contribution in [0.4, 0.5) is 0 Å². The highest BCUT2D eigenvalue weighted by atomic mass is 28.3. The standard InChI is InChI=1S/C18H36O4Si/c1-7-16(19)18-14(2)8-9-17(22-18)15(3)12-21-13-20-10-11-23(4,5)6/h14-15,17-18H,7-13H2,1-6H3/t14-,15-,17+,18+/m0/s1. The second kappa shape index (κ2) is 9.92. The van der Waals surface area contributed by atoms with Gasteiger partial charge in [-0.05, 0) is 24.8 Å². The van der Waals surface area contributed by atoms with Gasteiger partial charge in [0.2, 0.25) is 0 Å². The molecule has 4 atom stereocenters. The van der Waals surface area contributed by atoms with Crippen LogP contribution >= 0.6 is 0 Å². The molecule has 1 fully saturated rings. The fraction of sp³-hybridized carbons (Fsp3) is 0.944. The molecule has 1 heterocycles. The highest BCUT2D eigenvalue weighted by Gasteiger charge is 2.34. The summed E-state index contributed by atoms with van der Waals surface area (Å²) in [6, 6.07) is 1.16. The summed E-state index contributed by atoms with van der Waals surface area (Å²) in [6.07, 6.45) is 2.51. The molecular formula is C18H36O4Si. The molecule has 0 aromatic rings. The van der Waals surface area contributed by atoms with Crippen LogP contribution in [-0.2, 0) is 19.0 Å². The van der Waals surface area contributed by atoms with Gasteiger partial charge in [-0.2, -0.15) is 0 Å². The quantitative estimate of drug-likeness (QED) is 0.340. The molecule has 0 spiro atoms. The fourth-order valence-corrected chi connectivity index (χ4v) is 3.58. The van der Waals surface area contributed by atoms with E-state index in [0.717, 1.165) is 25.5 Å². The van der Waals surface area contributed by atoms with Crippen LogP contribution < -0.4 is 0 Å². The molecule has 1 saturated heterocycles. The highest BCUT2D eigenvalue weighted by Crippen LogP contribution is 2.29. The van der Waals surface area contributed by atoms with Crippen LogP contribution in [0.2, 0.25) is 25.7 Å². The highest BCUT2D eigenvalue weighted by molar-refractivity contribution is 6.76. The van der Waals surface area contributed by atoms with Crippen LogP contribution in [0.3, 0.4) is 0 Å². The van der Waals surface area contributed by atoms with Crippen LogP contribution in [0.15, 0.2) is 0 Å². The Morgan fingerprint density at radius 2 is 1.96 bits per heavy atom. The molecule has 0 radical (unpaired) electrons. The van der Waals surface area contributed by atoms with E-state index in [1.54, 1.807) is 0 Å². The smallest absolute Gasteiger partial charge is 0.161 e. The number of Topliss-reactive ketones (excluding diaryl/α,β-unsaturated/α-hetero) is 1. The lowest BCUT2D eigenvalue weighted by atomic mass is 9.87. The minimum atomic E-state index is -1.03. The van der Waals surface area contributed by atoms with E-state index >= 15 is 0 Å². The maximum Gasteiger partial charge on any atom is 0.161 e. The van der Waals surface area contributed by atoms with Gasteiger partial charge in [0, 0.05) is 27.0 Å². The maximum atomic E-state index is 12.0. The van der Waals surface area contributed by atoms with E-state index in [1.807, 2.05) is 6.92 Å². The fourth-order valence-electron chi connectivity index (χ4n) is 2.82. The first-order chi connectivity index (χ1) is 10.7. The molecular weight excluding hydrogens is 308 g/mol. The first-order valence-electron chi connectivity index (χ1n) is 9.08. The SMILES string of the molecule is CCC(=O)[C@@H]1O[C@@H]([C@@H](C)COCOCC[Si](C)(C)C)CC[C@@H]1C. The Hall–Kier alpha value is -0.233. The first kappa shape index (κ1) is 20.8. The van der Waals surface area contributed by atoms with E-state index in [9.17, 15) is 4.79 Å². The molecule has 0 aromatic heterocycles. The average molecular weight is 345 g/mol. The third-order valence-corrected chi connectivity index (χ3v) is 6.29. The van der Waals surface area contributed by atoms with Gasteiger partial charge in [-0.25, -0.2) is 0 Å². The van der Waals surface area contributed by atoms with E-state index in [-0.39, 0.29) is 23.9 Å². The van der Waals surface area contributed by atoms with Crippen molar-refractivity contribution in [2.75, 3.05) is 20.0 Å². The molecule has 0 aliphatic carbocycles. The lowest BCUT2D eigenvalue weighted by Gasteiger charge is -2.36. The summed E-state index contributed by atoms with van der Waals surface area (Å²) in [5.74, 6) is 0.844. The summed E-state index contributed by atoms with van der Waals surface area (Å²) in [4.78, 5) is 12.0. The zero-order valence-corrected chi connectivity index (χ0v) is 16.9. The summed E-state index contributed by atoms with van der Waals surface area (Å²) in [5.41, 5.74) is 0. The Labute approximate surface area is 143 Å². The molecule has 1 rings (SSSR count). The average Bonchev–Trinajstić information content (AvgIpc) is 2.49. The molecule has 0 N–H and O–H groups in total.